The standard InChI is InChI=1S/C7H13F2NO2S/c8-6(9)5-12-3-2-10-7(11)1-4-13/h6,13H,1-5H2,(H,10,11). The normalized spacial score (nSPS) is 10.5. The van der Waals surface area contributed by atoms with Crippen molar-refractivity contribution in [1.29, 1.82) is 0 Å². The SMILES string of the molecule is O=C(CCS)NCCOCC(F)F. The molecule has 0 bridgehead atoms. The smallest absolute Gasteiger partial charge is 0.261 e. The number of amides is 1. The first-order chi connectivity index (χ1) is 6.16. The summed E-state index contributed by atoms with van der Waals surface area (Å²) in [5.74, 6) is 0.333. The first-order valence-corrected chi connectivity index (χ1v) is 4.53. The van der Waals surface area contributed by atoms with Crippen molar-refractivity contribution < 1.29 is 18.3 Å². The molecule has 0 rings (SSSR count). The Hall–Kier alpha value is -0.360. The van der Waals surface area contributed by atoms with E-state index in [1.807, 2.05) is 0 Å². The van der Waals surface area contributed by atoms with Crippen LogP contribution in [0.4, 0.5) is 8.78 Å². The third kappa shape index (κ3) is 9.55. The molecule has 0 unspecified atom stereocenters. The maximum absolute atomic E-state index is 11.5. The summed E-state index contributed by atoms with van der Waals surface area (Å²) < 4.78 is 27.6. The van der Waals surface area contributed by atoms with Gasteiger partial charge in [-0.25, -0.2) is 8.78 Å². The molecule has 0 aromatic heterocycles. The Kier molecular flexibility index (Phi) is 8.02. The van der Waals surface area contributed by atoms with Gasteiger partial charge < -0.3 is 10.1 Å². The lowest BCUT2D eigenvalue weighted by atomic mass is 10.4. The van der Waals surface area contributed by atoms with E-state index in [9.17, 15) is 13.6 Å². The second kappa shape index (κ2) is 8.25. The number of halogens is 2. The summed E-state index contributed by atoms with van der Waals surface area (Å²) in [6.07, 6.45) is -2.12. The van der Waals surface area contributed by atoms with Gasteiger partial charge in [-0.2, -0.15) is 12.6 Å². The minimum Gasteiger partial charge on any atom is -0.374 e. The molecule has 0 aromatic rings. The minimum atomic E-state index is -2.45. The Bertz CT molecular complexity index is 146. The van der Waals surface area contributed by atoms with Gasteiger partial charge in [0.15, 0.2) is 0 Å². The van der Waals surface area contributed by atoms with Gasteiger partial charge in [-0.05, 0) is 5.75 Å². The molecule has 0 atom stereocenters. The molecule has 0 spiro atoms. The third-order valence-electron chi connectivity index (χ3n) is 1.15. The van der Waals surface area contributed by atoms with Gasteiger partial charge in [0.2, 0.25) is 5.91 Å². The highest BCUT2D eigenvalue weighted by molar-refractivity contribution is 7.80. The number of carbonyl (C=O) groups is 1. The highest BCUT2D eigenvalue weighted by Gasteiger charge is 2.02. The number of carbonyl (C=O) groups excluding carboxylic acids is 1. The number of ether oxygens (including phenoxy) is 1. The first kappa shape index (κ1) is 12.6. The zero-order valence-electron chi connectivity index (χ0n) is 7.13. The molecule has 0 aromatic carbocycles. The van der Waals surface area contributed by atoms with E-state index in [1.165, 1.54) is 0 Å². The zero-order valence-corrected chi connectivity index (χ0v) is 8.03. The summed E-state index contributed by atoms with van der Waals surface area (Å²) in [5, 5.41) is 2.50. The van der Waals surface area contributed by atoms with Crippen LogP contribution < -0.4 is 5.32 Å². The van der Waals surface area contributed by atoms with E-state index in [0.29, 0.717) is 12.2 Å². The predicted octanol–water partition coefficient (Wildman–Crippen LogP) is 0.704. The lowest BCUT2D eigenvalue weighted by molar-refractivity contribution is -0.120. The molecule has 1 amide bonds. The van der Waals surface area contributed by atoms with E-state index in [1.54, 1.807) is 0 Å². The molecule has 0 aliphatic heterocycles. The van der Waals surface area contributed by atoms with Gasteiger partial charge in [-0.3, -0.25) is 4.79 Å². The van der Waals surface area contributed by atoms with Crippen LogP contribution >= 0.6 is 12.6 Å². The summed E-state index contributed by atoms with van der Waals surface area (Å²) in [6, 6.07) is 0. The molecule has 6 heteroatoms. The quantitative estimate of drug-likeness (QED) is 0.482. The van der Waals surface area contributed by atoms with Crippen molar-refractivity contribution in [3.63, 3.8) is 0 Å². The van der Waals surface area contributed by atoms with Crippen LogP contribution in [0.15, 0.2) is 0 Å². The highest BCUT2D eigenvalue weighted by Crippen LogP contribution is 1.91. The predicted molar refractivity (Wildman–Crippen MR) is 48.3 cm³/mol. The molecule has 13 heavy (non-hydrogen) atoms. The number of hydrogen-bond acceptors (Lipinski definition) is 3. The van der Waals surface area contributed by atoms with Crippen LogP contribution in [0, 0.1) is 0 Å². The van der Waals surface area contributed by atoms with Gasteiger partial charge in [0.25, 0.3) is 6.43 Å². The number of rotatable bonds is 7. The molecule has 0 aliphatic carbocycles. The van der Waals surface area contributed by atoms with Gasteiger partial charge in [0, 0.05) is 13.0 Å². The fourth-order valence-corrected chi connectivity index (χ4v) is 0.828. The van der Waals surface area contributed by atoms with Crippen molar-refractivity contribution >= 4 is 18.5 Å². The Morgan fingerprint density at radius 1 is 1.54 bits per heavy atom. The summed E-state index contributed by atoms with van der Waals surface area (Å²) in [5.41, 5.74) is 0. The molecule has 0 saturated carbocycles. The lowest BCUT2D eigenvalue weighted by Gasteiger charge is -2.04. The second-order valence-corrected chi connectivity index (χ2v) is 2.74. The van der Waals surface area contributed by atoms with Crippen LogP contribution in [0.2, 0.25) is 0 Å². The molecule has 0 radical (unpaired) electrons. The van der Waals surface area contributed by atoms with Crippen molar-refractivity contribution in [2.24, 2.45) is 0 Å². The molecule has 0 heterocycles. The molecule has 78 valence electrons. The molecule has 0 aliphatic rings. The topological polar surface area (TPSA) is 38.3 Å². The number of thiol groups is 1. The van der Waals surface area contributed by atoms with E-state index >= 15 is 0 Å². The van der Waals surface area contributed by atoms with E-state index in [-0.39, 0.29) is 19.1 Å². The van der Waals surface area contributed by atoms with Crippen molar-refractivity contribution in [1.82, 2.24) is 5.32 Å². The fourth-order valence-electron chi connectivity index (χ4n) is 0.625. The van der Waals surface area contributed by atoms with E-state index < -0.39 is 13.0 Å². The summed E-state index contributed by atoms with van der Waals surface area (Å²) in [4.78, 5) is 10.8. The van der Waals surface area contributed by atoms with E-state index in [4.69, 9.17) is 0 Å². The molecule has 0 fully saturated rings. The molecule has 0 saturated heterocycles. The van der Waals surface area contributed by atoms with Crippen LogP contribution in [0.3, 0.4) is 0 Å². The largest absolute Gasteiger partial charge is 0.374 e. The van der Waals surface area contributed by atoms with Crippen LogP contribution in [-0.2, 0) is 9.53 Å². The number of nitrogens with one attached hydrogen (secondary N) is 1. The van der Waals surface area contributed by atoms with E-state index in [2.05, 4.69) is 22.7 Å². The highest BCUT2D eigenvalue weighted by atomic mass is 32.1. The Balaban J connectivity index is 3.11. The maximum Gasteiger partial charge on any atom is 0.261 e. The van der Waals surface area contributed by atoms with Gasteiger partial charge in [-0.1, -0.05) is 0 Å². The summed E-state index contributed by atoms with van der Waals surface area (Å²) in [6.45, 7) is -0.204. The lowest BCUT2D eigenvalue weighted by Crippen LogP contribution is -2.27. The van der Waals surface area contributed by atoms with Crippen LogP contribution in [0.25, 0.3) is 0 Å². The van der Waals surface area contributed by atoms with Crippen LogP contribution in [0.1, 0.15) is 6.42 Å². The van der Waals surface area contributed by atoms with Crippen molar-refractivity contribution in [3.05, 3.63) is 0 Å². The van der Waals surface area contributed by atoms with Gasteiger partial charge in [0.05, 0.1) is 6.61 Å². The maximum atomic E-state index is 11.5. The van der Waals surface area contributed by atoms with E-state index in [0.717, 1.165) is 0 Å². The zero-order chi connectivity index (χ0) is 10.1. The third-order valence-corrected chi connectivity index (χ3v) is 1.37. The summed E-state index contributed by atoms with van der Waals surface area (Å²) in [7, 11) is 0. The average molecular weight is 213 g/mol. The molecule has 3 nitrogen and oxygen atoms in total. The van der Waals surface area contributed by atoms with Crippen LogP contribution in [-0.4, -0.2) is 37.8 Å². The van der Waals surface area contributed by atoms with Crippen molar-refractivity contribution in [2.75, 3.05) is 25.5 Å². The van der Waals surface area contributed by atoms with Gasteiger partial charge in [0.1, 0.15) is 6.61 Å². The molecular weight excluding hydrogens is 200 g/mol. The van der Waals surface area contributed by atoms with Gasteiger partial charge in [-0.15, -0.1) is 0 Å². The van der Waals surface area contributed by atoms with Crippen LogP contribution in [0.5, 0.6) is 0 Å². The molecular formula is C7H13F2NO2S. The first-order valence-electron chi connectivity index (χ1n) is 3.90. The second-order valence-electron chi connectivity index (χ2n) is 2.29. The average Bonchev–Trinajstić information content (AvgIpc) is 2.03. The Labute approximate surface area is 81.2 Å². The minimum absolute atomic E-state index is 0.114. The Morgan fingerprint density at radius 2 is 2.23 bits per heavy atom. The molecule has 1 N–H and O–H groups in total. The van der Waals surface area contributed by atoms with Gasteiger partial charge >= 0.3 is 0 Å². The number of alkyl halides is 2. The fraction of sp³-hybridized carbons (Fsp3) is 0.857. The Morgan fingerprint density at radius 3 is 2.77 bits per heavy atom. The monoisotopic (exact) mass is 213 g/mol. The van der Waals surface area contributed by atoms with Crippen molar-refractivity contribution in [2.45, 2.75) is 12.8 Å². The number of hydrogen-bond donors (Lipinski definition) is 2. The van der Waals surface area contributed by atoms with Crippen molar-refractivity contribution in [3.8, 4) is 0 Å². The summed E-state index contributed by atoms with van der Waals surface area (Å²) >= 11 is 3.86.